The summed E-state index contributed by atoms with van der Waals surface area (Å²) in [6.45, 7) is 0. The molecule has 0 bridgehead atoms. The Kier molecular flexibility index (Phi) is 5.16. The molecule has 0 spiro atoms. The zero-order valence-electron chi connectivity index (χ0n) is 24.1. The number of rotatable bonds is 4. The van der Waals surface area contributed by atoms with Crippen LogP contribution in [0, 0.1) is 0 Å². The number of benzene rings is 7. The number of oxazole rings is 1. The van der Waals surface area contributed by atoms with Crippen LogP contribution in [-0.2, 0) is 0 Å². The molecule has 0 aliphatic heterocycles. The lowest BCUT2D eigenvalue weighted by atomic mass is 10.0. The first-order valence-electron chi connectivity index (χ1n) is 15.1. The van der Waals surface area contributed by atoms with E-state index in [-0.39, 0.29) is 0 Å². The second-order valence-corrected chi connectivity index (χ2v) is 12.6. The maximum atomic E-state index is 6.63. The van der Waals surface area contributed by atoms with E-state index in [1.54, 1.807) is 0 Å². The standard InChI is InChI=1S/C41H24N2OS/c1-2-13-26(14-3-1)43(35-21-10-17-29-28-16-6-7-22-36(28)45-40(29)35)34-24-23-32-37-31(34)19-9-20-33(37)39-38(32)42-41(44-39)30-18-8-12-25-11-4-5-15-27(25)30/h1-24H. The molecule has 1 aliphatic carbocycles. The molecule has 4 heteroatoms. The number of anilines is 3. The van der Waals surface area contributed by atoms with Crippen molar-refractivity contribution in [3.05, 3.63) is 146 Å². The summed E-state index contributed by atoms with van der Waals surface area (Å²) >= 11 is 1.85. The molecule has 0 radical (unpaired) electrons. The van der Waals surface area contributed by atoms with Crippen LogP contribution in [0.4, 0.5) is 17.1 Å². The van der Waals surface area contributed by atoms with Gasteiger partial charge >= 0.3 is 0 Å². The summed E-state index contributed by atoms with van der Waals surface area (Å²) in [7, 11) is 0. The lowest BCUT2D eigenvalue weighted by molar-refractivity contribution is 0.591. The third kappa shape index (κ3) is 3.54. The summed E-state index contributed by atoms with van der Waals surface area (Å²) < 4.78 is 9.21. The molecule has 0 fully saturated rings. The second-order valence-electron chi connectivity index (χ2n) is 11.5. The van der Waals surface area contributed by atoms with Gasteiger partial charge < -0.3 is 9.32 Å². The fraction of sp³-hybridized carbons (Fsp3) is 0. The van der Waals surface area contributed by atoms with Crippen molar-refractivity contribution in [3.8, 4) is 34.0 Å². The molecular weight excluding hydrogens is 569 g/mol. The fourth-order valence-corrected chi connectivity index (χ4v) is 8.28. The number of thiophene rings is 1. The van der Waals surface area contributed by atoms with E-state index < -0.39 is 0 Å². The summed E-state index contributed by atoms with van der Waals surface area (Å²) in [5.74, 6) is 1.50. The molecule has 0 saturated carbocycles. The van der Waals surface area contributed by atoms with E-state index in [4.69, 9.17) is 9.40 Å². The van der Waals surface area contributed by atoms with Gasteiger partial charge in [0, 0.05) is 48.6 Å². The molecule has 45 heavy (non-hydrogen) atoms. The maximum Gasteiger partial charge on any atom is 0.227 e. The Morgan fingerprint density at radius 1 is 0.511 bits per heavy atom. The number of aromatic nitrogens is 1. The number of hydrogen-bond donors (Lipinski definition) is 0. The summed E-state index contributed by atoms with van der Waals surface area (Å²) in [6.07, 6.45) is 0. The van der Waals surface area contributed by atoms with Gasteiger partial charge in [0.2, 0.25) is 5.89 Å². The van der Waals surface area contributed by atoms with Crippen molar-refractivity contribution in [2.75, 3.05) is 4.90 Å². The summed E-state index contributed by atoms with van der Waals surface area (Å²) in [5.41, 5.74) is 7.55. The molecule has 3 nitrogen and oxygen atoms in total. The van der Waals surface area contributed by atoms with Crippen molar-refractivity contribution in [1.82, 2.24) is 4.98 Å². The first-order chi connectivity index (χ1) is 22.3. The molecule has 210 valence electrons. The molecule has 7 aromatic carbocycles. The van der Waals surface area contributed by atoms with Gasteiger partial charge in [-0.05, 0) is 53.2 Å². The van der Waals surface area contributed by atoms with Crippen molar-refractivity contribution in [2.45, 2.75) is 0 Å². The molecule has 1 aliphatic rings. The number of hydrogen-bond acceptors (Lipinski definition) is 4. The van der Waals surface area contributed by atoms with Gasteiger partial charge in [0.15, 0.2) is 5.76 Å². The zero-order valence-corrected chi connectivity index (χ0v) is 24.9. The van der Waals surface area contributed by atoms with Gasteiger partial charge in [0.25, 0.3) is 0 Å². The molecule has 0 amide bonds. The van der Waals surface area contributed by atoms with Gasteiger partial charge in [-0.1, -0.05) is 103 Å². The Morgan fingerprint density at radius 3 is 2.16 bits per heavy atom. The zero-order chi connectivity index (χ0) is 29.5. The van der Waals surface area contributed by atoms with E-state index in [9.17, 15) is 0 Å². The minimum absolute atomic E-state index is 0.658. The average molecular weight is 593 g/mol. The Hall–Kier alpha value is -5.71. The average Bonchev–Trinajstić information content (AvgIpc) is 3.79. The monoisotopic (exact) mass is 592 g/mol. The van der Waals surface area contributed by atoms with Crippen LogP contribution in [0.1, 0.15) is 0 Å². The predicted octanol–water partition coefficient (Wildman–Crippen LogP) is 12.1. The molecule has 0 unspecified atom stereocenters. The lowest BCUT2D eigenvalue weighted by Gasteiger charge is -2.27. The number of para-hydroxylation sites is 1. The topological polar surface area (TPSA) is 29.3 Å². The highest BCUT2D eigenvalue weighted by Gasteiger charge is 2.30. The molecular formula is C41H24N2OS. The van der Waals surface area contributed by atoms with Crippen LogP contribution in [-0.4, -0.2) is 4.98 Å². The maximum absolute atomic E-state index is 6.63. The highest BCUT2D eigenvalue weighted by Crippen LogP contribution is 2.53. The molecule has 0 N–H and O–H groups in total. The normalized spacial score (nSPS) is 12.0. The van der Waals surface area contributed by atoms with Crippen LogP contribution in [0.2, 0.25) is 0 Å². The minimum atomic E-state index is 0.658. The van der Waals surface area contributed by atoms with E-state index >= 15 is 0 Å². The number of nitrogens with zero attached hydrogens (tertiary/aromatic N) is 2. The Bertz CT molecular complexity index is 2580. The third-order valence-corrected chi connectivity index (χ3v) is 10.3. The molecule has 0 atom stereocenters. The summed E-state index contributed by atoms with van der Waals surface area (Å²) in [5, 5.41) is 7.25. The van der Waals surface area contributed by atoms with E-state index in [1.165, 1.54) is 42.0 Å². The highest BCUT2D eigenvalue weighted by molar-refractivity contribution is 7.26. The Balaban J connectivity index is 1.19. The minimum Gasteiger partial charge on any atom is -0.435 e. The van der Waals surface area contributed by atoms with Gasteiger partial charge in [-0.3, -0.25) is 0 Å². The first kappa shape index (κ1) is 24.7. The van der Waals surface area contributed by atoms with Crippen LogP contribution < -0.4 is 4.90 Å². The number of fused-ring (bicyclic) bond motifs is 7. The molecule has 9 aromatic rings. The second kappa shape index (κ2) is 9.39. The van der Waals surface area contributed by atoms with Gasteiger partial charge in [0.1, 0.15) is 5.69 Å². The molecule has 10 rings (SSSR count). The van der Waals surface area contributed by atoms with Crippen LogP contribution in [0.15, 0.2) is 150 Å². The molecule has 2 heterocycles. The SMILES string of the molecule is c1ccc(N(c2ccc3c4c(cccc24)-c2oc(-c4cccc5ccccc45)nc2-3)c2cccc3c2sc2ccccc23)cc1. The van der Waals surface area contributed by atoms with Crippen molar-refractivity contribution >= 4 is 70.1 Å². The first-order valence-corrected chi connectivity index (χ1v) is 16.0. The molecule has 0 saturated heterocycles. The summed E-state index contributed by atoms with van der Waals surface area (Å²) in [4.78, 5) is 7.54. The van der Waals surface area contributed by atoms with E-state index in [2.05, 4.69) is 150 Å². The Labute approximate surface area is 263 Å². The van der Waals surface area contributed by atoms with Gasteiger partial charge in [0.05, 0.1) is 16.1 Å². The largest absolute Gasteiger partial charge is 0.435 e. The molecule has 2 aromatic heterocycles. The Morgan fingerprint density at radius 2 is 1.22 bits per heavy atom. The quantitative estimate of drug-likeness (QED) is 0.204. The van der Waals surface area contributed by atoms with Gasteiger partial charge in [-0.25, -0.2) is 4.98 Å². The van der Waals surface area contributed by atoms with Gasteiger partial charge in [-0.2, -0.15) is 0 Å². The third-order valence-electron chi connectivity index (χ3n) is 9.04. The van der Waals surface area contributed by atoms with Crippen molar-refractivity contribution in [2.24, 2.45) is 0 Å². The van der Waals surface area contributed by atoms with E-state index in [0.29, 0.717) is 5.89 Å². The van der Waals surface area contributed by atoms with Crippen LogP contribution >= 0.6 is 11.3 Å². The van der Waals surface area contributed by atoms with Crippen LogP contribution in [0.25, 0.3) is 75.8 Å². The van der Waals surface area contributed by atoms with E-state index in [0.717, 1.165) is 44.9 Å². The van der Waals surface area contributed by atoms with Crippen molar-refractivity contribution in [3.63, 3.8) is 0 Å². The smallest absolute Gasteiger partial charge is 0.227 e. The van der Waals surface area contributed by atoms with Gasteiger partial charge in [-0.15, -0.1) is 11.3 Å². The van der Waals surface area contributed by atoms with Crippen molar-refractivity contribution in [1.29, 1.82) is 0 Å². The predicted molar refractivity (Wildman–Crippen MR) is 189 cm³/mol. The van der Waals surface area contributed by atoms with Crippen molar-refractivity contribution < 1.29 is 4.42 Å². The highest BCUT2D eigenvalue weighted by atomic mass is 32.1. The van der Waals surface area contributed by atoms with Crippen LogP contribution in [0.5, 0.6) is 0 Å². The van der Waals surface area contributed by atoms with E-state index in [1.807, 2.05) is 11.3 Å². The lowest BCUT2D eigenvalue weighted by Crippen LogP contribution is -2.10. The van der Waals surface area contributed by atoms with Crippen LogP contribution in [0.3, 0.4) is 0 Å². The summed E-state index contributed by atoms with van der Waals surface area (Å²) in [6, 6.07) is 51.8. The fourth-order valence-electron chi connectivity index (χ4n) is 7.08.